The predicted molar refractivity (Wildman–Crippen MR) is 52.7 cm³/mol. The Bertz CT molecular complexity index is 291. The van der Waals surface area contributed by atoms with Crippen LogP contribution in [0.15, 0.2) is 24.3 Å². The van der Waals surface area contributed by atoms with Crippen LogP contribution in [-0.2, 0) is 0 Å². The first-order valence-electron chi connectivity index (χ1n) is 4.08. The molecule has 0 aliphatic heterocycles. The number of hydrogen-bond donors (Lipinski definition) is 2. The van der Waals surface area contributed by atoms with Crippen molar-refractivity contribution in [2.75, 3.05) is 0 Å². The third-order valence-electron chi connectivity index (χ3n) is 1.87. The first-order valence-corrected chi connectivity index (χ1v) is 4.45. The van der Waals surface area contributed by atoms with E-state index in [2.05, 4.69) is 0 Å². The van der Waals surface area contributed by atoms with Crippen molar-refractivity contribution in [3.63, 3.8) is 0 Å². The normalized spacial score (nSPS) is 14.2. The maximum absolute atomic E-state index is 9.70. The van der Waals surface area contributed by atoms with Crippen LogP contribution in [0.4, 0.5) is 0 Å². The fourth-order valence-corrected chi connectivity index (χ4v) is 1.32. The number of aliphatic hydroxyl groups is 2. The second-order valence-electron chi connectivity index (χ2n) is 3.58. The summed E-state index contributed by atoms with van der Waals surface area (Å²) in [4.78, 5) is 0. The quantitative estimate of drug-likeness (QED) is 0.768. The van der Waals surface area contributed by atoms with Crippen LogP contribution in [0, 0.1) is 0 Å². The van der Waals surface area contributed by atoms with E-state index in [1.807, 2.05) is 0 Å². The lowest BCUT2D eigenvalue weighted by atomic mass is 9.95. The van der Waals surface area contributed by atoms with Gasteiger partial charge in [0.15, 0.2) is 0 Å². The fraction of sp³-hybridized carbons (Fsp3) is 0.400. The summed E-state index contributed by atoms with van der Waals surface area (Å²) in [5.74, 6) is 0. The Morgan fingerprint density at radius 1 is 1.31 bits per heavy atom. The van der Waals surface area contributed by atoms with Crippen molar-refractivity contribution >= 4 is 11.6 Å². The summed E-state index contributed by atoms with van der Waals surface area (Å²) in [7, 11) is 0. The first kappa shape index (κ1) is 10.5. The molecule has 0 saturated heterocycles. The van der Waals surface area contributed by atoms with Crippen molar-refractivity contribution in [1.82, 2.24) is 0 Å². The molecular weight excluding hydrogens is 188 g/mol. The molecule has 2 N–H and O–H groups in total. The average Bonchev–Trinajstić information content (AvgIpc) is 2.02. The molecule has 0 aliphatic carbocycles. The summed E-state index contributed by atoms with van der Waals surface area (Å²) >= 11 is 5.85. The molecule has 1 rings (SSSR count). The number of hydrogen-bond acceptors (Lipinski definition) is 2. The largest absolute Gasteiger partial charge is 0.387 e. The summed E-state index contributed by atoms with van der Waals surface area (Å²) in [5, 5.41) is 19.7. The van der Waals surface area contributed by atoms with E-state index in [0.29, 0.717) is 10.6 Å². The topological polar surface area (TPSA) is 40.5 Å². The minimum atomic E-state index is -1.18. The van der Waals surface area contributed by atoms with E-state index in [1.54, 1.807) is 38.1 Å². The van der Waals surface area contributed by atoms with E-state index < -0.39 is 11.7 Å². The molecule has 0 heterocycles. The zero-order chi connectivity index (χ0) is 10.1. The van der Waals surface area contributed by atoms with Crippen LogP contribution in [0.1, 0.15) is 25.5 Å². The molecule has 3 heteroatoms. The average molecular weight is 201 g/mol. The standard InChI is InChI=1S/C10H13ClO2/c1-10(2,13)9(12)7-5-3-4-6-8(7)11/h3-6,9,12-13H,1-2H3. The zero-order valence-electron chi connectivity index (χ0n) is 7.66. The maximum Gasteiger partial charge on any atom is 0.109 e. The molecule has 0 amide bonds. The zero-order valence-corrected chi connectivity index (χ0v) is 8.42. The molecule has 0 radical (unpaired) electrons. The number of aliphatic hydroxyl groups excluding tert-OH is 1. The fourth-order valence-electron chi connectivity index (χ4n) is 1.08. The molecule has 0 aromatic heterocycles. The first-order chi connectivity index (χ1) is 5.93. The lowest BCUT2D eigenvalue weighted by molar-refractivity contribution is -0.0496. The molecule has 2 nitrogen and oxygen atoms in total. The van der Waals surface area contributed by atoms with Gasteiger partial charge in [-0.2, -0.15) is 0 Å². The highest BCUT2D eigenvalue weighted by Gasteiger charge is 2.27. The highest BCUT2D eigenvalue weighted by Crippen LogP contribution is 2.30. The van der Waals surface area contributed by atoms with Gasteiger partial charge in [-0.1, -0.05) is 29.8 Å². The van der Waals surface area contributed by atoms with Crippen molar-refractivity contribution in [2.24, 2.45) is 0 Å². The lowest BCUT2D eigenvalue weighted by Crippen LogP contribution is -2.28. The molecule has 13 heavy (non-hydrogen) atoms. The van der Waals surface area contributed by atoms with E-state index in [1.165, 1.54) is 0 Å². The lowest BCUT2D eigenvalue weighted by Gasteiger charge is -2.25. The minimum absolute atomic E-state index is 0.470. The van der Waals surface area contributed by atoms with Crippen LogP contribution >= 0.6 is 11.6 Å². The Morgan fingerprint density at radius 3 is 2.31 bits per heavy atom. The predicted octanol–water partition coefficient (Wildman–Crippen LogP) is 2.14. The monoisotopic (exact) mass is 200 g/mol. The third-order valence-corrected chi connectivity index (χ3v) is 2.21. The van der Waals surface area contributed by atoms with Gasteiger partial charge < -0.3 is 10.2 Å². The van der Waals surface area contributed by atoms with Gasteiger partial charge in [0.25, 0.3) is 0 Å². The SMILES string of the molecule is CC(C)(O)C(O)c1ccccc1Cl. The Kier molecular flexibility index (Phi) is 2.96. The van der Waals surface area contributed by atoms with Crippen LogP contribution in [0.25, 0.3) is 0 Å². The second-order valence-corrected chi connectivity index (χ2v) is 3.98. The minimum Gasteiger partial charge on any atom is -0.387 e. The van der Waals surface area contributed by atoms with Crippen molar-refractivity contribution < 1.29 is 10.2 Å². The molecule has 1 atom stereocenters. The summed E-state index contributed by atoms with van der Waals surface area (Å²) in [6.07, 6.45) is -0.957. The molecule has 0 fully saturated rings. The van der Waals surface area contributed by atoms with Gasteiger partial charge in [0.1, 0.15) is 6.10 Å². The molecule has 0 spiro atoms. The third kappa shape index (κ3) is 2.44. The summed E-state index contributed by atoms with van der Waals surface area (Å²) in [6.45, 7) is 3.09. The van der Waals surface area contributed by atoms with Crippen LogP contribution in [0.5, 0.6) is 0 Å². The summed E-state index contributed by atoms with van der Waals surface area (Å²) in [6, 6.07) is 6.94. The maximum atomic E-state index is 9.70. The number of benzene rings is 1. The van der Waals surface area contributed by atoms with Crippen molar-refractivity contribution in [2.45, 2.75) is 25.6 Å². The van der Waals surface area contributed by atoms with Gasteiger partial charge in [-0.25, -0.2) is 0 Å². The highest BCUT2D eigenvalue weighted by atomic mass is 35.5. The van der Waals surface area contributed by atoms with Crippen molar-refractivity contribution in [1.29, 1.82) is 0 Å². The molecular formula is C10H13ClO2. The van der Waals surface area contributed by atoms with Gasteiger partial charge in [0.2, 0.25) is 0 Å². The Balaban J connectivity index is 3.02. The summed E-state index contributed by atoms with van der Waals surface area (Å²) in [5.41, 5.74) is -0.623. The van der Waals surface area contributed by atoms with Crippen LogP contribution in [0.3, 0.4) is 0 Å². The Labute approximate surface area is 82.8 Å². The Morgan fingerprint density at radius 2 is 1.85 bits per heavy atom. The van der Waals surface area contributed by atoms with Crippen molar-refractivity contribution in [3.8, 4) is 0 Å². The van der Waals surface area contributed by atoms with Crippen molar-refractivity contribution in [3.05, 3.63) is 34.9 Å². The molecule has 1 unspecified atom stereocenters. The second kappa shape index (κ2) is 3.66. The van der Waals surface area contributed by atoms with Gasteiger partial charge in [-0.05, 0) is 19.9 Å². The highest BCUT2D eigenvalue weighted by molar-refractivity contribution is 6.31. The van der Waals surface area contributed by atoms with Crippen LogP contribution in [0.2, 0.25) is 5.02 Å². The molecule has 0 bridgehead atoms. The van der Waals surface area contributed by atoms with E-state index in [-0.39, 0.29) is 0 Å². The molecule has 1 aromatic rings. The van der Waals surface area contributed by atoms with E-state index in [4.69, 9.17) is 11.6 Å². The smallest absolute Gasteiger partial charge is 0.109 e. The van der Waals surface area contributed by atoms with E-state index in [0.717, 1.165) is 0 Å². The van der Waals surface area contributed by atoms with Gasteiger partial charge in [0.05, 0.1) is 5.60 Å². The molecule has 0 aliphatic rings. The van der Waals surface area contributed by atoms with Gasteiger partial charge in [0, 0.05) is 10.6 Å². The number of rotatable bonds is 2. The van der Waals surface area contributed by atoms with Gasteiger partial charge in [-0.3, -0.25) is 0 Å². The Hall–Kier alpha value is -0.570. The van der Waals surface area contributed by atoms with E-state index in [9.17, 15) is 10.2 Å². The summed E-state index contributed by atoms with van der Waals surface area (Å²) < 4.78 is 0. The molecule has 72 valence electrons. The van der Waals surface area contributed by atoms with Gasteiger partial charge >= 0.3 is 0 Å². The molecule has 1 aromatic carbocycles. The molecule has 0 saturated carbocycles. The van der Waals surface area contributed by atoms with Gasteiger partial charge in [-0.15, -0.1) is 0 Å². The number of halogens is 1. The van der Waals surface area contributed by atoms with Crippen LogP contribution in [-0.4, -0.2) is 15.8 Å². The van der Waals surface area contributed by atoms with Crippen LogP contribution < -0.4 is 0 Å². The van der Waals surface area contributed by atoms with E-state index >= 15 is 0 Å².